The molecule has 0 bridgehead atoms. The number of benzene rings is 2. The Morgan fingerprint density at radius 1 is 1.07 bits per heavy atom. The molecule has 4 rings (SSSR count). The fourth-order valence-corrected chi connectivity index (χ4v) is 4.17. The third-order valence-electron chi connectivity index (χ3n) is 5.89. The summed E-state index contributed by atoms with van der Waals surface area (Å²) in [5.74, 6) is 1.71. The first-order chi connectivity index (χ1) is 13.7. The topological polar surface area (TPSA) is 45.3 Å². The highest BCUT2D eigenvalue weighted by Gasteiger charge is 2.19. The van der Waals surface area contributed by atoms with Gasteiger partial charge in [-0.15, -0.1) is 0 Å². The van der Waals surface area contributed by atoms with Gasteiger partial charge < -0.3 is 9.72 Å². The third kappa shape index (κ3) is 4.45. The van der Waals surface area contributed by atoms with Crippen molar-refractivity contribution < 1.29 is 4.74 Å². The predicted molar refractivity (Wildman–Crippen MR) is 114 cm³/mol. The van der Waals surface area contributed by atoms with E-state index in [4.69, 9.17) is 4.74 Å². The van der Waals surface area contributed by atoms with Gasteiger partial charge in [-0.3, -0.25) is 9.69 Å². The van der Waals surface area contributed by atoms with E-state index in [0.717, 1.165) is 54.3 Å². The highest BCUT2D eigenvalue weighted by atomic mass is 16.5. The Bertz CT molecular complexity index is 970. The summed E-state index contributed by atoms with van der Waals surface area (Å²) < 4.78 is 5.23. The van der Waals surface area contributed by atoms with Gasteiger partial charge in [0.2, 0.25) is 0 Å². The molecule has 1 N–H and O–H groups in total. The zero-order valence-electron chi connectivity index (χ0n) is 16.5. The van der Waals surface area contributed by atoms with Crippen molar-refractivity contribution in [3.05, 3.63) is 76.1 Å². The van der Waals surface area contributed by atoms with E-state index in [1.807, 2.05) is 36.4 Å². The maximum atomic E-state index is 12.3. The number of aromatic nitrogens is 1. The van der Waals surface area contributed by atoms with Gasteiger partial charge in [-0.05, 0) is 74.5 Å². The molecule has 1 saturated heterocycles. The van der Waals surface area contributed by atoms with E-state index in [-0.39, 0.29) is 5.43 Å². The SMILES string of the molecule is COc1ccc(CCC2CCN(Cc3cc(=O)c4ccccc4[nH]3)CC2)cc1. The Kier molecular flexibility index (Phi) is 5.77. The van der Waals surface area contributed by atoms with Gasteiger partial charge in [-0.2, -0.15) is 0 Å². The second-order valence-corrected chi connectivity index (χ2v) is 7.81. The molecule has 1 fully saturated rings. The van der Waals surface area contributed by atoms with E-state index in [9.17, 15) is 4.79 Å². The number of ether oxygens (including phenoxy) is 1. The van der Waals surface area contributed by atoms with Crippen LogP contribution in [0.25, 0.3) is 10.9 Å². The van der Waals surface area contributed by atoms with Crippen molar-refractivity contribution in [3.63, 3.8) is 0 Å². The van der Waals surface area contributed by atoms with Gasteiger partial charge in [0.1, 0.15) is 5.75 Å². The van der Waals surface area contributed by atoms with E-state index < -0.39 is 0 Å². The second-order valence-electron chi connectivity index (χ2n) is 7.81. The highest BCUT2D eigenvalue weighted by Crippen LogP contribution is 2.24. The number of aromatic amines is 1. The number of likely N-dealkylation sites (tertiary alicyclic amines) is 1. The fraction of sp³-hybridized carbons (Fsp3) is 0.375. The molecule has 1 aliphatic heterocycles. The molecule has 0 unspecified atom stereocenters. The minimum absolute atomic E-state index is 0.110. The van der Waals surface area contributed by atoms with E-state index >= 15 is 0 Å². The molecule has 0 amide bonds. The Labute approximate surface area is 166 Å². The molecule has 4 nitrogen and oxygen atoms in total. The van der Waals surface area contributed by atoms with Crippen molar-refractivity contribution in [2.75, 3.05) is 20.2 Å². The number of rotatable bonds is 6. The number of para-hydroxylation sites is 1. The number of aryl methyl sites for hydroxylation is 1. The minimum atomic E-state index is 0.110. The number of hydrogen-bond donors (Lipinski definition) is 1. The van der Waals surface area contributed by atoms with E-state index in [2.05, 4.69) is 22.0 Å². The number of nitrogens with one attached hydrogen (secondary N) is 1. The van der Waals surface area contributed by atoms with Crippen LogP contribution in [0, 0.1) is 5.92 Å². The Hall–Kier alpha value is -2.59. The lowest BCUT2D eigenvalue weighted by Gasteiger charge is -2.32. The predicted octanol–water partition coefficient (Wildman–Crippen LogP) is 4.38. The Morgan fingerprint density at radius 3 is 2.57 bits per heavy atom. The summed E-state index contributed by atoms with van der Waals surface area (Å²) >= 11 is 0. The minimum Gasteiger partial charge on any atom is -0.497 e. The van der Waals surface area contributed by atoms with Crippen LogP contribution in [0.1, 0.15) is 30.5 Å². The molecule has 0 radical (unpaired) electrons. The fourth-order valence-electron chi connectivity index (χ4n) is 4.17. The van der Waals surface area contributed by atoms with Gasteiger partial charge in [0.25, 0.3) is 0 Å². The van der Waals surface area contributed by atoms with Crippen LogP contribution < -0.4 is 10.2 Å². The molecule has 0 aliphatic carbocycles. The number of methoxy groups -OCH3 is 1. The molecule has 146 valence electrons. The Morgan fingerprint density at radius 2 is 1.82 bits per heavy atom. The van der Waals surface area contributed by atoms with E-state index in [1.54, 1.807) is 13.2 Å². The van der Waals surface area contributed by atoms with Crippen molar-refractivity contribution in [2.45, 2.75) is 32.2 Å². The number of piperidine rings is 1. The summed E-state index contributed by atoms with van der Waals surface area (Å²) in [7, 11) is 1.70. The van der Waals surface area contributed by atoms with Crippen LogP contribution in [0.3, 0.4) is 0 Å². The molecule has 3 aromatic rings. The van der Waals surface area contributed by atoms with Crippen LogP contribution >= 0.6 is 0 Å². The summed E-state index contributed by atoms with van der Waals surface area (Å²) in [6.45, 7) is 3.02. The molecule has 0 saturated carbocycles. The monoisotopic (exact) mass is 376 g/mol. The highest BCUT2D eigenvalue weighted by molar-refractivity contribution is 5.78. The van der Waals surface area contributed by atoms with Crippen LogP contribution in [-0.2, 0) is 13.0 Å². The number of fused-ring (bicyclic) bond motifs is 1. The summed E-state index contributed by atoms with van der Waals surface area (Å²) in [4.78, 5) is 18.2. The smallest absolute Gasteiger partial charge is 0.189 e. The Balaban J connectivity index is 1.29. The maximum absolute atomic E-state index is 12.3. The van der Waals surface area contributed by atoms with Gasteiger partial charge in [0.05, 0.1) is 7.11 Å². The molecule has 4 heteroatoms. The molecule has 28 heavy (non-hydrogen) atoms. The molecule has 1 aromatic heterocycles. The molecule has 0 atom stereocenters. The first kappa shape index (κ1) is 18.8. The molecule has 2 aromatic carbocycles. The first-order valence-electron chi connectivity index (χ1n) is 10.2. The van der Waals surface area contributed by atoms with Crippen molar-refractivity contribution in [2.24, 2.45) is 5.92 Å². The molecule has 1 aliphatic rings. The van der Waals surface area contributed by atoms with Crippen molar-refractivity contribution in [3.8, 4) is 5.75 Å². The van der Waals surface area contributed by atoms with Crippen LogP contribution in [0.4, 0.5) is 0 Å². The number of H-pyrrole nitrogens is 1. The van der Waals surface area contributed by atoms with Crippen molar-refractivity contribution in [1.29, 1.82) is 0 Å². The van der Waals surface area contributed by atoms with Crippen molar-refractivity contribution in [1.82, 2.24) is 9.88 Å². The number of pyridine rings is 1. The lowest BCUT2D eigenvalue weighted by Crippen LogP contribution is -2.33. The van der Waals surface area contributed by atoms with Gasteiger partial charge in [-0.1, -0.05) is 24.3 Å². The van der Waals surface area contributed by atoms with Gasteiger partial charge >= 0.3 is 0 Å². The lowest BCUT2D eigenvalue weighted by atomic mass is 9.90. The second kappa shape index (κ2) is 8.61. The average molecular weight is 377 g/mol. The number of nitrogens with zero attached hydrogens (tertiary/aromatic N) is 1. The normalized spacial score (nSPS) is 15.8. The van der Waals surface area contributed by atoms with Gasteiger partial charge in [0.15, 0.2) is 5.43 Å². The number of hydrogen-bond acceptors (Lipinski definition) is 3. The third-order valence-corrected chi connectivity index (χ3v) is 5.89. The van der Waals surface area contributed by atoms with E-state index in [0.29, 0.717) is 0 Å². The average Bonchev–Trinajstić information content (AvgIpc) is 2.74. The standard InChI is InChI=1S/C24H28N2O2/c1-28-21-10-8-18(9-11-21)6-7-19-12-14-26(15-13-19)17-20-16-24(27)22-4-2-3-5-23(22)25-20/h2-5,8-11,16,19H,6-7,12-15,17H2,1H3,(H,25,27). The zero-order valence-corrected chi connectivity index (χ0v) is 16.5. The van der Waals surface area contributed by atoms with Crippen molar-refractivity contribution >= 4 is 10.9 Å². The van der Waals surface area contributed by atoms with Crippen LogP contribution in [-0.4, -0.2) is 30.1 Å². The summed E-state index contributed by atoms with van der Waals surface area (Å²) in [6, 6.07) is 17.9. The molecular weight excluding hydrogens is 348 g/mol. The summed E-state index contributed by atoms with van der Waals surface area (Å²) in [6.07, 6.45) is 4.83. The largest absolute Gasteiger partial charge is 0.497 e. The van der Waals surface area contributed by atoms with Gasteiger partial charge in [-0.25, -0.2) is 0 Å². The summed E-state index contributed by atoms with van der Waals surface area (Å²) in [5, 5.41) is 0.767. The van der Waals surface area contributed by atoms with E-state index in [1.165, 1.54) is 24.8 Å². The molecule has 0 spiro atoms. The zero-order chi connectivity index (χ0) is 19.3. The molecule has 2 heterocycles. The maximum Gasteiger partial charge on any atom is 0.189 e. The van der Waals surface area contributed by atoms with Crippen LogP contribution in [0.2, 0.25) is 0 Å². The van der Waals surface area contributed by atoms with Crippen LogP contribution in [0.5, 0.6) is 5.75 Å². The van der Waals surface area contributed by atoms with Crippen LogP contribution in [0.15, 0.2) is 59.4 Å². The van der Waals surface area contributed by atoms with Gasteiger partial charge in [0, 0.05) is 29.2 Å². The lowest BCUT2D eigenvalue weighted by molar-refractivity contribution is 0.171. The summed E-state index contributed by atoms with van der Waals surface area (Å²) in [5.41, 5.74) is 3.44. The quantitative estimate of drug-likeness (QED) is 0.694. The first-order valence-corrected chi connectivity index (χ1v) is 10.2. The molecular formula is C24H28N2O2.